The third-order valence-electron chi connectivity index (χ3n) is 4.11. The summed E-state index contributed by atoms with van der Waals surface area (Å²) in [4.78, 5) is 16.0. The van der Waals surface area contributed by atoms with Crippen LogP contribution >= 0.6 is 34.8 Å². The molecule has 3 rings (SSSR count). The van der Waals surface area contributed by atoms with Crippen LogP contribution in [-0.4, -0.2) is 37.3 Å². The summed E-state index contributed by atoms with van der Waals surface area (Å²) in [6.07, 6.45) is 3.00. The number of nitrogens with one attached hydrogen (secondary N) is 3. The highest BCUT2D eigenvalue weighted by Gasteiger charge is 2.39. The van der Waals surface area contributed by atoms with Crippen LogP contribution in [0.25, 0.3) is 0 Å². The number of hydrogen-bond acceptors (Lipinski definition) is 4. The van der Waals surface area contributed by atoms with Crippen LogP contribution in [-0.2, 0) is 4.74 Å². The average molecular weight is 434 g/mol. The van der Waals surface area contributed by atoms with Gasteiger partial charge >= 0.3 is 6.03 Å². The van der Waals surface area contributed by atoms with Gasteiger partial charge in [0.1, 0.15) is 5.82 Å². The highest BCUT2D eigenvalue weighted by molar-refractivity contribution is 6.38. The second-order valence-electron chi connectivity index (χ2n) is 6.26. The van der Waals surface area contributed by atoms with E-state index in [2.05, 4.69) is 20.9 Å². The molecule has 1 saturated heterocycles. The maximum absolute atomic E-state index is 13.2. The van der Waals surface area contributed by atoms with E-state index in [0.29, 0.717) is 47.7 Å². The van der Waals surface area contributed by atoms with Crippen LogP contribution in [0, 0.1) is 11.2 Å². The fourth-order valence-corrected chi connectivity index (χ4v) is 3.21. The topological polar surface area (TPSA) is 75.3 Å². The zero-order chi connectivity index (χ0) is 19.4. The fourth-order valence-electron chi connectivity index (χ4n) is 2.53. The number of carbonyl (C=O) groups excluding carboxylic acids is 1. The SMILES string of the molecule is O=C(NCC1(CNc2c(Cl)cncc2Cl)COC1)Nc1ccc(F)c(Cl)c1. The van der Waals surface area contributed by atoms with Gasteiger partial charge in [0.2, 0.25) is 0 Å². The molecular weight excluding hydrogens is 418 g/mol. The van der Waals surface area contributed by atoms with Gasteiger partial charge < -0.3 is 20.7 Å². The summed E-state index contributed by atoms with van der Waals surface area (Å²) in [5.74, 6) is -0.548. The van der Waals surface area contributed by atoms with E-state index in [9.17, 15) is 9.18 Å². The van der Waals surface area contributed by atoms with Crippen LogP contribution in [0.2, 0.25) is 15.1 Å². The maximum Gasteiger partial charge on any atom is 0.319 e. The molecule has 27 heavy (non-hydrogen) atoms. The fraction of sp³-hybridized carbons (Fsp3) is 0.294. The van der Waals surface area contributed by atoms with E-state index in [4.69, 9.17) is 39.5 Å². The average Bonchev–Trinajstić information content (AvgIpc) is 2.59. The minimum atomic E-state index is -0.548. The van der Waals surface area contributed by atoms with Crippen LogP contribution < -0.4 is 16.0 Å². The lowest BCUT2D eigenvalue weighted by Crippen LogP contribution is -2.55. The molecule has 3 N–H and O–H groups in total. The Morgan fingerprint density at radius 2 is 1.85 bits per heavy atom. The summed E-state index contributed by atoms with van der Waals surface area (Å²) < 4.78 is 18.5. The summed E-state index contributed by atoms with van der Waals surface area (Å²) in [5, 5.41) is 9.36. The molecule has 2 amide bonds. The Morgan fingerprint density at radius 1 is 1.15 bits per heavy atom. The molecule has 0 spiro atoms. The predicted octanol–water partition coefficient (Wildman–Crippen LogP) is 4.43. The first-order valence-corrected chi connectivity index (χ1v) is 9.12. The number of benzene rings is 1. The number of rotatable bonds is 6. The molecule has 0 unspecified atom stereocenters. The van der Waals surface area contributed by atoms with E-state index in [0.717, 1.165) is 0 Å². The van der Waals surface area contributed by atoms with Gasteiger partial charge in [0.25, 0.3) is 0 Å². The van der Waals surface area contributed by atoms with Crippen LogP contribution in [0.5, 0.6) is 0 Å². The minimum Gasteiger partial charge on any atom is -0.382 e. The summed E-state index contributed by atoms with van der Waals surface area (Å²) in [6.45, 7) is 1.81. The highest BCUT2D eigenvalue weighted by Crippen LogP contribution is 2.32. The monoisotopic (exact) mass is 432 g/mol. The van der Waals surface area contributed by atoms with Crippen molar-refractivity contribution >= 4 is 52.2 Å². The quantitative estimate of drug-likeness (QED) is 0.630. The van der Waals surface area contributed by atoms with Gasteiger partial charge in [-0.3, -0.25) is 4.98 Å². The molecule has 2 heterocycles. The molecule has 1 aliphatic heterocycles. The molecule has 1 aromatic carbocycles. The predicted molar refractivity (Wildman–Crippen MR) is 104 cm³/mol. The van der Waals surface area contributed by atoms with Gasteiger partial charge in [-0.05, 0) is 18.2 Å². The van der Waals surface area contributed by atoms with Gasteiger partial charge in [0.15, 0.2) is 0 Å². The number of halogens is 4. The number of aromatic nitrogens is 1. The number of pyridine rings is 1. The van der Waals surface area contributed by atoms with E-state index < -0.39 is 11.8 Å². The number of urea groups is 1. The molecule has 144 valence electrons. The second kappa shape index (κ2) is 8.48. The Bertz CT molecular complexity index is 829. The molecule has 1 aliphatic rings. The Kier molecular flexibility index (Phi) is 6.26. The number of carbonyl (C=O) groups is 1. The Hall–Kier alpha value is -1.80. The zero-order valence-corrected chi connectivity index (χ0v) is 16.3. The molecule has 0 aliphatic carbocycles. The molecule has 6 nitrogen and oxygen atoms in total. The summed E-state index contributed by atoms with van der Waals surface area (Å²) in [5.41, 5.74) is 0.685. The molecule has 0 saturated carbocycles. The zero-order valence-electron chi connectivity index (χ0n) is 14.0. The first kappa shape index (κ1) is 19.9. The van der Waals surface area contributed by atoms with Crippen LogP contribution in [0.15, 0.2) is 30.6 Å². The summed E-state index contributed by atoms with van der Waals surface area (Å²) >= 11 is 17.9. The van der Waals surface area contributed by atoms with Crippen molar-refractivity contribution in [2.45, 2.75) is 0 Å². The molecule has 10 heteroatoms. The Balaban J connectivity index is 1.55. The second-order valence-corrected chi connectivity index (χ2v) is 7.48. The summed E-state index contributed by atoms with van der Waals surface area (Å²) in [6, 6.07) is 3.53. The van der Waals surface area contributed by atoms with Gasteiger partial charge in [0.05, 0.1) is 39.4 Å². The number of anilines is 2. The minimum absolute atomic E-state index is 0.0630. The van der Waals surface area contributed by atoms with E-state index in [1.54, 1.807) is 0 Å². The molecule has 0 bridgehead atoms. The lowest BCUT2D eigenvalue weighted by molar-refractivity contribution is -0.101. The van der Waals surface area contributed by atoms with Crippen molar-refractivity contribution in [3.05, 3.63) is 51.5 Å². The van der Waals surface area contributed by atoms with Crippen LogP contribution in [0.1, 0.15) is 0 Å². The molecule has 0 radical (unpaired) electrons. The molecule has 0 atom stereocenters. The first-order chi connectivity index (χ1) is 12.9. The third kappa shape index (κ3) is 4.93. The van der Waals surface area contributed by atoms with Crippen molar-refractivity contribution < 1.29 is 13.9 Å². The first-order valence-electron chi connectivity index (χ1n) is 7.99. The van der Waals surface area contributed by atoms with E-state index >= 15 is 0 Å². The number of hydrogen-bond donors (Lipinski definition) is 3. The lowest BCUT2D eigenvalue weighted by atomic mass is 9.85. The third-order valence-corrected chi connectivity index (χ3v) is 4.97. The van der Waals surface area contributed by atoms with Gasteiger partial charge in [-0.2, -0.15) is 0 Å². The van der Waals surface area contributed by atoms with Crippen LogP contribution in [0.4, 0.5) is 20.6 Å². The van der Waals surface area contributed by atoms with Gasteiger partial charge in [-0.15, -0.1) is 0 Å². The molecule has 2 aromatic rings. The number of ether oxygens (including phenoxy) is 1. The van der Waals surface area contributed by atoms with Crippen molar-refractivity contribution in [2.75, 3.05) is 36.9 Å². The Morgan fingerprint density at radius 3 is 2.44 bits per heavy atom. The molecular formula is C17H16Cl3FN4O2. The van der Waals surface area contributed by atoms with Gasteiger partial charge in [-0.1, -0.05) is 34.8 Å². The van der Waals surface area contributed by atoms with Crippen molar-refractivity contribution in [3.63, 3.8) is 0 Å². The highest BCUT2D eigenvalue weighted by atomic mass is 35.5. The van der Waals surface area contributed by atoms with Crippen LogP contribution in [0.3, 0.4) is 0 Å². The van der Waals surface area contributed by atoms with Crippen molar-refractivity contribution in [1.82, 2.24) is 10.3 Å². The lowest BCUT2D eigenvalue weighted by Gasteiger charge is -2.41. The van der Waals surface area contributed by atoms with E-state index in [1.807, 2.05) is 0 Å². The van der Waals surface area contributed by atoms with Crippen molar-refractivity contribution in [3.8, 4) is 0 Å². The van der Waals surface area contributed by atoms with Crippen molar-refractivity contribution in [1.29, 1.82) is 0 Å². The number of amides is 2. The molecule has 1 aromatic heterocycles. The number of nitrogens with zero attached hydrogens (tertiary/aromatic N) is 1. The van der Waals surface area contributed by atoms with E-state index in [1.165, 1.54) is 30.6 Å². The Labute approximate surface area is 170 Å². The maximum atomic E-state index is 13.2. The van der Waals surface area contributed by atoms with E-state index in [-0.39, 0.29) is 10.4 Å². The summed E-state index contributed by atoms with van der Waals surface area (Å²) in [7, 11) is 0. The standard InChI is InChI=1S/C17H16Cl3FN4O2/c18-11-3-10(1-2-14(11)21)25-16(26)24-7-17(8-27-9-17)6-23-15-12(19)4-22-5-13(15)20/h1-5H,6-9H2,(H,22,23)(H2,24,25,26). The largest absolute Gasteiger partial charge is 0.382 e. The van der Waals surface area contributed by atoms with Gasteiger partial charge in [-0.25, -0.2) is 9.18 Å². The normalized spacial score (nSPS) is 15.0. The van der Waals surface area contributed by atoms with Crippen molar-refractivity contribution in [2.24, 2.45) is 5.41 Å². The smallest absolute Gasteiger partial charge is 0.319 e. The van der Waals surface area contributed by atoms with Gasteiger partial charge in [0, 0.05) is 31.2 Å². The molecule has 1 fully saturated rings.